The maximum atomic E-state index is 11.8. The molecule has 1 aliphatic heterocycles. The Labute approximate surface area is 115 Å². The third kappa shape index (κ3) is 4.20. The molecule has 0 aromatic rings. The Morgan fingerprint density at radius 3 is 2.53 bits per heavy atom. The van der Waals surface area contributed by atoms with Crippen LogP contribution in [0.15, 0.2) is 0 Å². The zero-order valence-electron chi connectivity index (χ0n) is 12.0. The molecule has 0 radical (unpaired) electrons. The van der Waals surface area contributed by atoms with Crippen molar-refractivity contribution in [2.24, 2.45) is 5.92 Å². The summed E-state index contributed by atoms with van der Waals surface area (Å²) >= 11 is 0. The van der Waals surface area contributed by atoms with E-state index in [0.29, 0.717) is 12.6 Å². The summed E-state index contributed by atoms with van der Waals surface area (Å²) in [4.78, 5) is 27.5. The van der Waals surface area contributed by atoms with Crippen LogP contribution in [0.1, 0.15) is 32.6 Å². The Morgan fingerprint density at radius 1 is 1.32 bits per heavy atom. The third-order valence-electron chi connectivity index (χ3n) is 4.29. The van der Waals surface area contributed by atoms with Crippen LogP contribution < -0.4 is 5.32 Å². The molecular weight excluding hydrogens is 242 g/mol. The number of likely N-dealkylation sites (N-methyl/N-ethyl adjacent to an activating group) is 1. The molecule has 1 saturated carbocycles. The van der Waals surface area contributed by atoms with Gasteiger partial charge in [-0.05, 0) is 45.6 Å². The Balaban J connectivity index is 1.64. The van der Waals surface area contributed by atoms with Crippen molar-refractivity contribution in [1.29, 1.82) is 0 Å². The second-order valence-corrected chi connectivity index (χ2v) is 5.86. The van der Waals surface area contributed by atoms with Gasteiger partial charge in [-0.25, -0.2) is 0 Å². The topological polar surface area (TPSA) is 52.7 Å². The molecule has 1 atom stereocenters. The highest BCUT2D eigenvalue weighted by Gasteiger charge is 2.31. The molecule has 1 aliphatic carbocycles. The average Bonchev–Trinajstić information content (AvgIpc) is 3.09. The predicted molar refractivity (Wildman–Crippen MR) is 73.6 cm³/mol. The Kier molecular flexibility index (Phi) is 4.80. The van der Waals surface area contributed by atoms with Crippen LogP contribution in [-0.4, -0.2) is 60.9 Å². The summed E-state index contributed by atoms with van der Waals surface area (Å²) in [5.41, 5.74) is 0. The maximum absolute atomic E-state index is 11.8. The molecule has 108 valence electrons. The number of carbonyl (C=O) groups excluding carboxylic acids is 2. The van der Waals surface area contributed by atoms with Gasteiger partial charge in [0.15, 0.2) is 0 Å². The van der Waals surface area contributed by atoms with Gasteiger partial charge in [-0.1, -0.05) is 0 Å². The van der Waals surface area contributed by atoms with E-state index in [2.05, 4.69) is 17.1 Å². The zero-order chi connectivity index (χ0) is 13.8. The van der Waals surface area contributed by atoms with E-state index in [1.165, 1.54) is 12.8 Å². The molecule has 19 heavy (non-hydrogen) atoms. The molecule has 5 heteroatoms. The van der Waals surface area contributed by atoms with E-state index >= 15 is 0 Å². The van der Waals surface area contributed by atoms with Gasteiger partial charge in [0.25, 0.3) is 0 Å². The van der Waals surface area contributed by atoms with Crippen LogP contribution in [0.3, 0.4) is 0 Å². The van der Waals surface area contributed by atoms with Crippen molar-refractivity contribution in [1.82, 2.24) is 15.1 Å². The second kappa shape index (κ2) is 6.37. The van der Waals surface area contributed by atoms with Crippen molar-refractivity contribution < 1.29 is 9.59 Å². The monoisotopic (exact) mass is 267 g/mol. The van der Waals surface area contributed by atoms with Crippen LogP contribution in [0.25, 0.3) is 0 Å². The smallest absolute Gasteiger partial charge is 0.241 e. The number of likely N-dealkylation sites (tertiary alicyclic amines) is 1. The summed E-state index contributed by atoms with van der Waals surface area (Å²) in [6.45, 7) is 4.37. The largest absolute Gasteiger partial charge is 0.346 e. The maximum Gasteiger partial charge on any atom is 0.241 e. The number of hydrogen-bond donors (Lipinski definition) is 1. The van der Waals surface area contributed by atoms with E-state index in [9.17, 15) is 9.59 Å². The summed E-state index contributed by atoms with van der Waals surface area (Å²) in [6, 6.07) is 0.458. The highest BCUT2D eigenvalue weighted by molar-refractivity contribution is 5.85. The van der Waals surface area contributed by atoms with Crippen LogP contribution in [0.5, 0.6) is 0 Å². The average molecular weight is 267 g/mol. The molecule has 2 aliphatic rings. The van der Waals surface area contributed by atoms with Crippen molar-refractivity contribution in [2.75, 3.05) is 33.2 Å². The molecule has 0 bridgehead atoms. The standard InChI is InChI=1S/C14H25N3O2/c1-11(12-5-6-12)16(2)10-13(18)15-9-14(19)17-7-3-4-8-17/h11-12H,3-10H2,1-2H3,(H,15,18). The Bertz CT molecular complexity index is 336. The molecule has 1 heterocycles. The van der Waals surface area contributed by atoms with Crippen LogP contribution in [0.2, 0.25) is 0 Å². The molecule has 2 amide bonds. The number of amides is 2. The minimum atomic E-state index is -0.0532. The lowest BCUT2D eigenvalue weighted by Crippen LogP contribution is -2.44. The number of hydrogen-bond acceptors (Lipinski definition) is 3. The van der Waals surface area contributed by atoms with Crippen molar-refractivity contribution in [2.45, 2.75) is 38.6 Å². The van der Waals surface area contributed by atoms with Crippen molar-refractivity contribution in [3.63, 3.8) is 0 Å². The van der Waals surface area contributed by atoms with E-state index < -0.39 is 0 Å². The predicted octanol–water partition coefficient (Wildman–Crippen LogP) is 0.455. The first-order valence-corrected chi connectivity index (χ1v) is 7.32. The van der Waals surface area contributed by atoms with Gasteiger partial charge in [0.2, 0.25) is 11.8 Å². The first-order chi connectivity index (χ1) is 9.08. The number of rotatable bonds is 6. The van der Waals surface area contributed by atoms with Gasteiger partial charge in [0.1, 0.15) is 0 Å². The van der Waals surface area contributed by atoms with Gasteiger partial charge < -0.3 is 10.2 Å². The van der Waals surface area contributed by atoms with Crippen molar-refractivity contribution in [3.8, 4) is 0 Å². The summed E-state index contributed by atoms with van der Waals surface area (Å²) in [5, 5.41) is 2.73. The first kappa shape index (κ1) is 14.3. The molecule has 1 unspecified atom stereocenters. The van der Waals surface area contributed by atoms with E-state index in [4.69, 9.17) is 0 Å². The molecule has 2 fully saturated rings. The zero-order valence-corrected chi connectivity index (χ0v) is 12.0. The highest BCUT2D eigenvalue weighted by atomic mass is 16.2. The fourth-order valence-corrected chi connectivity index (χ4v) is 2.62. The Hall–Kier alpha value is -1.10. The van der Waals surface area contributed by atoms with Crippen molar-refractivity contribution in [3.05, 3.63) is 0 Å². The number of nitrogens with one attached hydrogen (secondary N) is 1. The second-order valence-electron chi connectivity index (χ2n) is 5.86. The fraction of sp³-hybridized carbons (Fsp3) is 0.857. The SMILES string of the molecule is CC(C1CC1)N(C)CC(=O)NCC(=O)N1CCCC1. The summed E-state index contributed by atoms with van der Waals surface area (Å²) in [5.74, 6) is 0.746. The van der Waals surface area contributed by atoms with Gasteiger partial charge >= 0.3 is 0 Å². The van der Waals surface area contributed by atoms with Crippen LogP contribution in [0.4, 0.5) is 0 Å². The lowest BCUT2D eigenvalue weighted by molar-refractivity contribution is -0.132. The van der Waals surface area contributed by atoms with Gasteiger partial charge in [-0.2, -0.15) is 0 Å². The van der Waals surface area contributed by atoms with E-state index in [1.807, 2.05) is 11.9 Å². The molecule has 2 rings (SSSR count). The van der Waals surface area contributed by atoms with E-state index in [0.717, 1.165) is 31.8 Å². The van der Waals surface area contributed by atoms with Gasteiger partial charge in [0, 0.05) is 19.1 Å². The molecule has 1 N–H and O–H groups in total. The van der Waals surface area contributed by atoms with Gasteiger partial charge in [0.05, 0.1) is 13.1 Å². The van der Waals surface area contributed by atoms with E-state index in [-0.39, 0.29) is 18.4 Å². The van der Waals surface area contributed by atoms with E-state index in [1.54, 1.807) is 0 Å². The molecule has 0 spiro atoms. The molecular formula is C14H25N3O2. The Morgan fingerprint density at radius 2 is 1.95 bits per heavy atom. The normalized spacial score (nSPS) is 20.7. The molecule has 0 aromatic carbocycles. The first-order valence-electron chi connectivity index (χ1n) is 7.32. The minimum absolute atomic E-state index is 0.0451. The van der Waals surface area contributed by atoms with Gasteiger partial charge in [-0.15, -0.1) is 0 Å². The molecule has 1 saturated heterocycles. The quantitative estimate of drug-likeness (QED) is 0.760. The highest BCUT2D eigenvalue weighted by Crippen LogP contribution is 2.34. The third-order valence-corrected chi connectivity index (χ3v) is 4.29. The number of nitrogens with zero attached hydrogens (tertiary/aromatic N) is 2. The number of carbonyl (C=O) groups is 2. The molecule has 5 nitrogen and oxygen atoms in total. The van der Waals surface area contributed by atoms with Gasteiger partial charge in [-0.3, -0.25) is 14.5 Å². The van der Waals surface area contributed by atoms with Crippen LogP contribution >= 0.6 is 0 Å². The lowest BCUT2D eigenvalue weighted by atomic mass is 10.2. The van der Waals surface area contributed by atoms with Crippen molar-refractivity contribution >= 4 is 11.8 Å². The van der Waals surface area contributed by atoms with Crippen LogP contribution in [0, 0.1) is 5.92 Å². The summed E-state index contributed by atoms with van der Waals surface area (Å²) in [6.07, 6.45) is 4.73. The summed E-state index contributed by atoms with van der Waals surface area (Å²) in [7, 11) is 1.98. The minimum Gasteiger partial charge on any atom is -0.346 e. The summed E-state index contributed by atoms with van der Waals surface area (Å²) < 4.78 is 0. The molecule has 0 aromatic heterocycles. The lowest BCUT2D eigenvalue weighted by Gasteiger charge is -2.24. The fourth-order valence-electron chi connectivity index (χ4n) is 2.62. The van der Waals surface area contributed by atoms with Crippen LogP contribution in [-0.2, 0) is 9.59 Å².